The van der Waals surface area contributed by atoms with Gasteiger partial charge in [-0.2, -0.15) is 0 Å². The largest absolute Gasteiger partial charge is 0.346 e. The summed E-state index contributed by atoms with van der Waals surface area (Å²) in [4.78, 5) is 4.55. The maximum Gasteiger partial charge on any atom is 0.173 e. The summed E-state index contributed by atoms with van der Waals surface area (Å²) in [5.41, 5.74) is 2.01. The first-order valence-corrected chi connectivity index (χ1v) is 9.54. The molecule has 7 heteroatoms. The van der Waals surface area contributed by atoms with Crippen LogP contribution in [0, 0.1) is 0 Å². The van der Waals surface area contributed by atoms with Gasteiger partial charge in [-0.15, -0.1) is 0 Å². The Kier molecular flexibility index (Phi) is 6.42. The maximum atomic E-state index is 6.18. The highest BCUT2D eigenvalue weighted by Gasteiger charge is 2.19. The molecular formula is C18H18Cl3N3S. The van der Waals surface area contributed by atoms with Crippen LogP contribution in [0.4, 0.5) is 5.69 Å². The highest BCUT2D eigenvalue weighted by molar-refractivity contribution is 7.80. The lowest BCUT2D eigenvalue weighted by Crippen LogP contribution is -2.49. The van der Waals surface area contributed by atoms with E-state index in [4.69, 9.17) is 47.0 Å². The van der Waals surface area contributed by atoms with E-state index >= 15 is 0 Å². The van der Waals surface area contributed by atoms with Crippen LogP contribution < -0.4 is 5.32 Å². The molecule has 1 N–H and O–H groups in total. The minimum atomic E-state index is 0.589. The maximum absolute atomic E-state index is 6.18. The van der Waals surface area contributed by atoms with Crippen molar-refractivity contribution < 1.29 is 0 Å². The summed E-state index contributed by atoms with van der Waals surface area (Å²) in [5, 5.41) is 5.80. The lowest BCUT2D eigenvalue weighted by molar-refractivity contribution is 0.177. The quantitative estimate of drug-likeness (QED) is 0.699. The number of piperazine rings is 1. The molecule has 0 atom stereocenters. The molecule has 2 aromatic rings. The highest BCUT2D eigenvalue weighted by atomic mass is 35.5. The van der Waals surface area contributed by atoms with E-state index in [1.165, 1.54) is 5.56 Å². The first-order valence-electron chi connectivity index (χ1n) is 7.99. The Morgan fingerprint density at radius 2 is 1.64 bits per heavy atom. The minimum Gasteiger partial charge on any atom is -0.346 e. The molecule has 3 rings (SSSR count). The Bertz CT molecular complexity index is 761. The van der Waals surface area contributed by atoms with E-state index in [-0.39, 0.29) is 0 Å². The number of nitrogens with zero attached hydrogens (tertiary/aromatic N) is 2. The van der Waals surface area contributed by atoms with Crippen molar-refractivity contribution in [3.63, 3.8) is 0 Å². The van der Waals surface area contributed by atoms with Gasteiger partial charge in [0, 0.05) is 32.7 Å². The van der Waals surface area contributed by atoms with Gasteiger partial charge in [-0.3, -0.25) is 4.90 Å². The van der Waals surface area contributed by atoms with Crippen molar-refractivity contribution in [3.8, 4) is 0 Å². The lowest BCUT2D eigenvalue weighted by Gasteiger charge is -2.36. The molecule has 1 aliphatic rings. The van der Waals surface area contributed by atoms with E-state index in [0.717, 1.165) is 38.4 Å². The summed E-state index contributed by atoms with van der Waals surface area (Å²) in [6.07, 6.45) is 0. The number of thiocarbonyl (C=S) groups is 1. The molecule has 0 bridgehead atoms. The number of rotatable bonds is 3. The number of halogens is 3. The first kappa shape index (κ1) is 18.7. The van der Waals surface area contributed by atoms with Gasteiger partial charge in [0.05, 0.1) is 20.8 Å². The fourth-order valence-corrected chi connectivity index (χ4v) is 3.56. The standard InChI is InChI=1S/C18H18Cl3N3S/c19-14-6-5-13(11-16(14)21)12-23-7-9-24(10-8-23)18(25)22-17-4-2-1-3-15(17)20/h1-6,11H,7-10,12H2,(H,22,25). The van der Waals surface area contributed by atoms with Crippen LogP contribution in [0.25, 0.3) is 0 Å². The van der Waals surface area contributed by atoms with E-state index < -0.39 is 0 Å². The van der Waals surface area contributed by atoms with Crippen LogP contribution >= 0.6 is 47.0 Å². The minimum absolute atomic E-state index is 0.589. The third-order valence-corrected chi connectivity index (χ3v) is 5.59. The van der Waals surface area contributed by atoms with E-state index in [2.05, 4.69) is 15.1 Å². The molecule has 0 radical (unpaired) electrons. The molecular weight excluding hydrogens is 397 g/mol. The van der Waals surface area contributed by atoms with Crippen LogP contribution in [0.3, 0.4) is 0 Å². The summed E-state index contributed by atoms with van der Waals surface area (Å²) in [6, 6.07) is 13.4. The van der Waals surface area contributed by atoms with Crippen molar-refractivity contribution in [2.45, 2.75) is 6.54 Å². The van der Waals surface area contributed by atoms with Gasteiger partial charge in [-0.05, 0) is 42.0 Å². The van der Waals surface area contributed by atoms with Gasteiger partial charge in [0.1, 0.15) is 0 Å². The van der Waals surface area contributed by atoms with Gasteiger partial charge in [0.15, 0.2) is 5.11 Å². The Hall–Kier alpha value is -1.04. The van der Waals surface area contributed by atoms with Crippen LogP contribution in [0.5, 0.6) is 0 Å². The Balaban J connectivity index is 1.52. The normalized spacial score (nSPS) is 15.2. The second-order valence-electron chi connectivity index (χ2n) is 5.92. The Morgan fingerprint density at radius 1 is 0.920 bits per heavy atom. The molecule has 1 heterocycles. The van der Waals surface area contributed by atoms with Gasteiger partial charge >= 0.3 is 0 Å². The molecule has 2 aromatic carbocycles. The zero-order valence-corrected chi connectivity index (χ0v) is 16.6. The van der Waals surface area contributed by atoms with Crippen LogP contribution in [0.1, 0.15) is 5.56 Å². The second-order valence-corrected chi connectivity index (χ2v) is 7.53. The van der Waals surface area contributed by atoms with Gasteiger partial charge in [-0.25, -0.2) is 0 Å². The van der Waals surface area contributed by atoms with Crippen molar-refractivity contribution in [1.82, 2.24) is 9.80 Å². The van der Waals surface area contributed by atoms with E-state index in [9.17, 15) is 0 Å². The van der Waals surface area contributed by atoms with Crippen molar-refractivity contribution in [2.75, 3.05) is 31.5 Å². The third kappa shape index (κ3) is 4.99. The number of hydrogen-bond acceptors (Lipinski definition) is 2. The molecule has 1 aliphatic heterocycles. The van der Waals surface area contributed by atoms with Crippen molar-refractivity contribution in [3.05, 3.63) is 63.1 Å². The zero-order valence-electron chi connectivity index (χ0n) is 13.5. The molecule has 0 unspecified atom stereocenters. The predicted octanol–water partition coefficient (Wildman–Crippen LogP) is 5.16. The van der Waals surface area contributed by atoms with Gasteiger partial charge in [-0.1, -0.05) is 53.0 Å². The van der Waals surface area contributed by atoms with Crippen molar-refractivity contribution >= 4 is 57.8 Å². The van der Waals surface area contributed by atoms with Gasteiger partial charge < -0.3 is 10.2 Å². The Morgan fingerprint density at radius 3 is 2.32 bits per heavy atom. The number of para-hydroxylation sites is 1. The predicted molar refractivity (Wildman–Crippen MR) is 111 cm³/mol. The molecule has 0 saturated carbocycles. The summed E-state index contributed by atoms with van der Waals surface area (Å²) < 4.78 is 0. The third-order valence-electron chi connectivity index (χ3n) is 4.17. The zero-order chi connectivity index (χ0) is 17.8. The molecule has 25 heavy (non-hydrogen) atoms. The molecule has 0 amide bonds. The monoisotopic (exact) mass is 413 g/mol. The SMILES string of the molecule is S=C(Nc1ccccc1Cl)N1CCN(Cc2ccc(Cl)c(Cl)c2)CC1. The summed E-state index contributed by atoms with van der Waals surface area (Å²) in [6.45, 7) is 4.47. The number of anilines is 1. The number of hydrogen-bond donors (Lipinski definition) is 1. The molecule has 1 saturated heterocycles. The van der Waals surface area contributed by atoms with Crippen LogP contribution in [-0.2, 0) is 6.54 Å². The molecule has 0 aliphatic carbocycles. The van der Waals surface area contributed by atoms with Crippen molar-refractivity contribution in [1.29, 1.82) is 0 Å². The smallest absolute Gasteiger partial charge is 0.173 e. The lowest BCUT2D eigenvalue weighted by atomic mass is 10.2. The Labute approximate surface area is 168 Å². The van der Waals surface area contributed by atoms with E-state index in [1.54, 1.807) is 0 Å². The van der Waals surface area contributed by atoms with Crippen LogP contribution in [-0.4, -0.2) is 41.1 Å². The van der Waals surface area contributed by atoms with E-state index in [1.807, 2.05) is 42.5 Å². The molecule has 1 fully saturated rings. The van der Waals surface area contributed by atoms with Gasteiger partial charge in [0.2, 0.25) is 0 Å². The average molecular weight is 415 g/mol. The topological polar surface area (TPSA) is 18.5 Å². The van der Waals surface area contributed by atoms with Crippen LogP contribution in [0.2, 0.25) is 15.1 Å². The summed E-state index contributed by atoms with van der Waals surface area (Å²) >= 11 is 23.8. The molecule has 3 nitrogen and oxygen atoms in total. The number of benzene rings is 2. The van der Waals surface area contributed by atoms with Crippen LogP contribution in [0.15, 0.2) is 42.5 Å². The number of nitrogens with one attached hydrogen (secondary N) is 1. The van der Waals surface area contributed by atoms with Crippen molar-refractivity contribution in [2.24, 2.45) is 0 Å². The highest BCUT2D eigenvalue weighted by Crippen LogP contribution is 2.24. The summed E-state index contributed by atoms with van der Waals surface area (Å²) in [7, 11) is 0. The summed E-state index contributed by atoms with van der Waals surface area (Å²) in [5.74, 6) is 0. The average Bonchev–Trinajstić information content (AvgIpc) is 2.61. The van der Waals surface area contributed by atoms with Gasteiger partial charge in [0.25, 0.3) is 0 Å². The fraction of sp³-hybridized carbons (Fsp3) is 0.278. The molecule has 0 spiro atoms. The molecule has 0 aromatic heterocycles. The first-order chi connectivity index (χ1) is 12.0. The van der Waals surface area contributed by atoms with E-state index in [0.29, 0.717) is 20.2 Å². The molecule has 132 valence electrons. The second kappa shape index (κ2) is 8.56. The fourth-order valence-electron chi connectivity index (χ4n) is 2.76.